The molecule has 0 unspecified atom stereocenters. The summed E-state index contributed by atoms with van der Waals surface area (Å²) in [5.74, 6) is 0.182. The van der Waals surface area contributed by atoms with Gasteiger partial charge < -0.3 is 14.9 Å². The van der Waals surface area contributed by atoms with E-state index >= 15 is 0 Å². The van der Waals surface area contributed by atoms with Gasteiger partial charge in [-0.1, -0.05) is 30.3 Å². The SMILES string of the molecule is Cc1cc2oc(=O)c3c(c2c(O)c1C1=NN[C@@H](c2ccccc2)C1)CCC3. The van der Waals surface area contributed by atoms with Crippen molar-refractivity contribution < 1.29 is 9.52 Å². The van der Waals surface area contributed by atoms with Crippen LogP contribution in [0.2, 0.25) is 0 Å². The second-order valence-electron chi connectivity index (χ2n) is 7.35. The van der Waals surface area contributed by atoms with Gasteiger partial charge in [0.25, 0.3) is 0 Å². The molecule has 1 atom stereocenters. The lowest BCUT2D eigenvalue weighted by Crippen LogP contribution is -2.10. The van der Waals surface area contributed by atoms with Gasteiger partial charge in [-0.15, -0.1) is 0 Å². The average Bonchev–Trinajstić information content (AvgIpc) is 3.32. The van der Waals surface area contributed by atoms with E-state index in [9.17, 15) is 9.90 Å². The molecule has 1 aromatic heterocycles. The normalized spacial score (nSPS) is 18.4. The molecule has 136 valence electrons. The van der Waals surface area contributed by atoms with Crippen LogP contribution in [0.1, 0.15) is 46.7 Å². The van der Waals surface area contributed by atoms with Gasteiger partial charge in [0.15, 0.2) is 0 Å². The van der Waals surface area contributed by atoms with Gasteiger partial charge >= 0.3 is 5.63 Å². The molecule has 27 heavy (non-hydrogen) atoms. The minimum absolute atomic E-state index is 0.0927. The Balaban J connectivity index is 1.62. The Hall–Kier alpha value is -3.08. The van der Waals surface area contributed by atoms with E-state index in [1.165, 1.54) is 5.56 Å². The van der Waals surface area contributed by atoms with E-state index in [0.29, 0.717) is 23.0 Å². The molecule has 0 saturated carbocycles. The van der Waals surface area contributed by atoms with E-state index < -0.39 is 0 Å². The predicted molar refractivity (Wildman–Crippen MR) is 104 cm³/mol. The van der Waals surface area contributed by atoms with Crippen LogP contribution in [0.3, 0.4) is 0 Å². The number of aryl methyl sites for hydroxylation is 2. The van der Waals surface area contributed by atoms with Crippen LogP contribution in [0.15, 0.2) is 50.7 Å². The Labute approximate surface area is 156 Å². The third-order valence-electron chi connectivity index (χ3n) is 5.67. The number of fused-ring (bicyclic) bond motifs is 3. The average molecular weight is 360 g/mol. The third kappa shape index (κ3) is 2.46. The Morgan fingerprint density at radius 3 is 2.78 bits per heavy atom. The Kier molecular flexibility index (Phi) is 3.57. The highest BCUT2D eigenvalue weighted by Gasteiger charge is 2.28. The van der Waals surface area contributed by atoms with E-state index in [0.717, 1.165) is 41.7 Å². The molecule has 3 aromatic rings. The quantitative estimate of drug-likeness (QED) is 0.683. The molecule has 0 spiro atoms. The number of phenolic OH excluding ortho intramolecular Hbond substituents is 1. The summed E-state index contributed by atoms with van der Waals surface area (Å²) in [6.07, 6.45) is 3.13. The summed E-state index contributed by atoms with van der Waals surface area (Å²) in [6, 6.07) is 12.1. The molecule has 2 aliphatic rings. The molecule has 2 aromatic carbocycles. The van der Waals surface area contributed by atoms with Gasteiger partial charge in [-0.3, -0.25) is 0 Å². The van der Waals surface area contributed by atoms with Crippen LogP contribution < -0.4 is 11.1 Å². The Morgan fingerprint density at radius 1 is 1.19 bits per heavy atom. The molecule has 5 rings (SSSR count). The van der Waals surface area contributed by atoms with Crippen LogP contribution in [-0.2, 0) is 12.8 Å². The maximum Gasteiger partial charge on any atom is 0.339 e. The molecule has 0 radical (unpaired) electrons. The first kappa shape index (κ1) is 16.1. The molecule has 5 nitrogen and oxygen atoms in total. The smallest absolute Gasteiger partial charge is 0.339 e. The van der Waals surface area contributed by atoms with Crippen LogP contribution in [0.5, 0.6) is 5.75 Å². The van der Waals surface area contributed by atoms with Crippen LogP contribution in [-0.4, -0.2) is 10.8 Å². The summed E-state index contributed by atoms with van der Waals surface area (Å²) in [4.78, 5) is 12.2. The zero-order valence-electron chi connectivity index (χ0n) is 15.1. The van der Waals surface area contributed by atoms with E-state index in [1.54, 1.807) is 0 Å². The summed E-state index contributed by atoms with van der Waals surface area (Å²) in [6.45, 7) is 1.92. The summed E-state index contributed by atoms with van der Waals surface area (Å²) < 4.78 is 5.50. The Bertz CT molecular complexity index is 1150. The zero-order valence-corrected chi connectivity index (χ0v) is 15.1. The van der Waals surface area contributed by atoms with E-state index in [4.69, 9.17) is 4.42 Å². The van der Waals surface area contributed by atoms with E-state index in [2.05, 4.69) is 22.7 Å². The van der Waals surface area contributed by atoms with Crippen molar-refractivity contribution in [2.45, 2.75) is 38.6 Å². The fourth-order valence-corrected chi connectivity index (χ4v) is 4.39. The molecule has 0 fully saturated rings. The number of phenols is 1. The number of rotatable bonds is 2. The zero-order chi connectivity index (χ0) is 18.5. The molecule has 0 amide bonds. The number of hydrazone groups is 1. The molecular formula is C22H20N2O3. The number of aromatic hydroxyl groups is 1. The van der Waals surface area contributed by atoms with Gasteiger partial charge in [-0.05, 0) is 48.9 Å². The first-order valence-electron chi connectivity index (χ1n) is 9.32. The number of hydrogen-bond acceptors (Lipinski definition) is 5. The third-order valence-corrected chi connectivity index (χ3v) is 5.67. The fourth-order valence-electron chi connectivity index (χ4n) is 4.39. The molecule has 1 aliphatic carbocycles. The highest BCUT2D eigenvalue weighted by atomic mass is 16.4. The highest BCUT2D eigenvalue weighted by Crippen LogP contribution is 2.39. The topological polar surface area (TPSA) is 74.8 Å². The van der Waals surface area contributed by atoms with Crippen molar-refractivity contribution >= 4 is 16.7 Å². The summed E-state index contributed by atoms with van der Waals surface area (Å²) in [5, 5.41) is 16.3. The monoisotopic (exact) mass is 360 g/mol. The lowest BCUT2D eigenvalue weighted by Gasteiger charge is -2.14. The van der Waals surface area contributed by atoms with Crippen LogP contribution in [0.25, 0.3) is 11.0 Å². The number of nitrogens with zero attached hydrogens (tertiary/aromatic N) is 1. The second kappa shape index (κ2) is 5.98. The van der Waals surface area contributed by atoms with Crippen LogP contribution in [0.4, 0.5) is 0 Å². The fraction of sp³-hybridized carbons (Fsp3) is 0.273. The van der Waals surface area contributed by atoms with Gasteiger partial charge in [0, 0.05) is 17.5 Å². The maximum atomic E-state index is 12.2. The summed E-state index contributed by atoms with van der Waals surface area (Å²) >= 11 is 0. The Morgan fingerprint density at radius 2 is 1.96 bits per heavy atom. The number of benzene rings is 2. The van der Waals surface area contributed by atoms with Crippen LogP contribution in [0, 0.1) is 6.92 Å². The van der Waals surface area contributed by atoms with Gasteiger partial charge in [0.05, 0.1) is 17.1 Å². The largest absolute Gasteiger partial charge is 0.506 e. The van der Waals surface area contributed by atoms with Crippen molar-refractivity contribution in [3.63, 3.8) is 0 Å². The van der Waals surface area contributed by atoms with Gasteiger partial charge in [-0.25, -0.2) is 4.79 Å². The van der Waals surface area contributed by atoms with Crippen molar-refractivity contribution in [2.75, 3.05) is 0 Å². The number of hydrogen-bond donors (Lipinski definition) is 2. The number of nitrogens with one attached hydrogen (secondary N) is 1. The molecule has 0 saturated heterocycles. The molecule has 0 bridgehead atoms. The van der Waals surface area contributed by atoms with Crippen molar-refractivity contribution in [3.8, 4) is 5.75 Å². The minimum atomic E-state index is -0.273. The predicted octanol–water partition coefficient (Wildman–Crippen LogP) is 3.73. The van der Waals surface area contributed by atoms with Crippen molar-refractivity contribution in [2.24, 2.45) is 5.10 Å². The summed E-state index contributed by atoms with van der Waals surface area (Å²) in [7, 11) is 0. The van der Waals surface area contributed by atoms with Gasteiger partial charge in [0.2, 0.25) is 0 Å². The lowest BCUT2D eigenvalue weighted by atomic mass is 9.93. The van der Waals surface area contributed by atoms with Crippen molar-refractivity contribution in [1.29, 1.82) is 0 Å². The second-order valence-corrected chi connectivity index (χ2v) is 7.35. The molecule has 1 aliphatic heterocycles. The standard InChI is InChI=1S/C22H20N2O3/c1-12-10-18-20(14-8-5-9-15(14)22(26)27-18)21(25)19(12)17-11-16(23-24-17)13-6-3-2-4-7-13/h2-4,6-7,10,16,23,25H,5,8-9,11H2,1H3/t16-/m1/s1. The molecule has 5 heteroatoms. The van der Waals surface area contributed by atoms with E-state index in [1.807, 2.05) is 31.2 Å². The first-order chi connectivity index (χ1) is 13.1. The lowest BCUT2D eigenvalue weighted by molar-refractivity contribution is 0.476. The van der Waals surface area contributed by atoms with E-state index in [-0.39, 0.29) is 17.4 Å². The van der Waals surface area contributed by atoms with Crippen molar-refractivity contribution in [3.05, 3.63) is 74.6 Å². The van der Waals surface area contributed by atoms with Crippen LogP contribution >= 0.6 is 0 Å². The maximum absolute atomic E-state index is 12.2. The van der Waals surface area contributed by atoms with Crippen molar-refractivity contribution in [1.82, 2.24) is 5.43 Å². The molecular weight excluding hydrogens is 340 g/mol. The summed E-state index contributed by atoms with van der Waals surface area (Å²) in [5.41, 5.74) is 8.63. The van der Waals surface area contributed by atoms with Gasteiger partial charge in [0.1, 0.15) is 11.3 Å². The van der Waals surface area contributed by atoms with Gasteiger partial charge in [-0.2, -0.15) is 5.10 Å². The molecule has 2 N–H and O–H groups in total. The first-order valence-corrected chi connectivity index (χ1v) is 9.32. The minimum Gasteiger partial charge on any atom is -0.506 e. The highest BCUT2D eigenvalue weighted by molar-refractivity contribution is 6.09. The molecule has 2 heterocycles.